The number of hydrogen-bond acceptors (Lipinski definition) is 4. The predicted molar refractivity (Wildman–Crippen MR) is 77.3 cm³/mol. The van der Waals surface area contributed by atoms with Crippen LogP contribution in [0.3, 0.4) is 0 Å². The fourth-order valence-electron chi connectivity index (χ4n) is 1.41. The smallest absolute Gasteiger partial charge is 0.240 e. The van der Waals surface area contributed by atoms with Crippen molar-refractivity contribution < 1.29 is 12.6 Å². The highest BCUT2D eigenvalue weighted by atomic mass is 79.9. The van der Waals surface area contributed by atoms with Gasteiger partial charge in [-0.3, -0.25) is 4.21 Å². The van der Waals surface area contributed by atoms with Crippen LogP contribution >= 0.6 is 15.9 Å². The highest BCUT2D eigenvalue weighted by molar-refractivity contribution is 9.10. The quantitative estimate of drug-likeness (QED) is 0.774. The Morgan fingerprint density at radius 1 is 1.50 bits per heavy atom. The zero-order chi connectivity index (χ0) is 13.9. The second-order valence-corrected chi connectivity index (χ2v) is 7.99. The summed E-state index contributed by atoms with van der Waals surface area (Å²) in [5, 5.41) is 0. The van der Waals surface area contributed by atoms with Crippen molar-refractivity contribution in [1.29, 1.82) is 0 Å². The fourth-order valence-corrected chi connectivity index (χ4v) is 3.83. The van der Waals surface area contributed by atoms with Gasteiger partial charge < -0.3 is 5.73 Å². The van der Waals surface area contributed by atoms with Crippen molar-refractivity contribution in [3.05, 3.63) is 22.7 Å². The van der Waals surface area contributed by atoms with Gasteiger partial charge in [-0.05, 0) is 41.1 Å². The summed E-state index contributed by atoms with van der Waals surface area (Å²) in [6.07, 6.45) is 1.53. The number of rotatable bonds is 5. The van der Waals surface area contributed by atoms with Gasteiger partial charge in [0.05, 0.1) is 4.90 Å². The molecule has 1 rings (SSSR count). The van der Waals surface area contributed by atoms with Gasteiger partial charge in [0.2, 0.25) is 10.0 Å². The minimum atomic E-state index is -3.63. The largest absolute Gasteiger partial charge is 0.398 e. The molecule has 2 unspecified atom stereocenters. The Balaban J connectivity index is 2.92. The number of halogens is 1. The van der Waals surface area contributed by atoms with E-state index in [1.165, 1.54) is 18.4 Å². The number of nitrogens with one attached hydrogen (secondary N) is 1. The van der Waals surface area contributed by atoms with Crippen molar-refractivity contribution in [2.75, 3.05) is 17.7 Å². The lowest BCUT2D eigenvalue weighted by Crippen LogP contribution is -2.36. The van der Waals surface area contributed by atoms with Crippen molar-refractivity contribution >= 4 is 42.4 Å². The first-order valence-corrected chi connectivity index (χ1v) is 9.10. The second kappa shape index (κ2) is 6.14. The molecule has 0 saturated heterocycles. The molecule has 1 aromatic rings. The third-order valence-electron chi connectivity index (χ3n) is 2.12. The van der Waals surface area contributed by atoms with Crippen LogP contribution in [0.2, 0.25) is 0 Å². The molecule has 0 bridgehead atoms. The Labute approximate surface area is 118 Å². The van der Waals surface area contributed by atoms with E-state index < -0.39 is 26.9 Å². The Kier molecular flexibility index (Phi) is 5.32. The molecule has 0 saturated carbocycles. The lowest BCUT2D eigenvalue weighted by Gasteiger charge is -2.13. The van der Waals surface area contributed by atoms with Gasteiger partial charge in [0.15, 0.2) is 0 Å². The lowest BCUT2D eigenvalue weighted by atomic mass is 10.3. The number of nitrogens with two attached hydrogens (primary N) is 1. The van der Waals surface area contributed by atoms with E-state index in [-0.39, 0.29) is 10.6 Å². The molecule has 0 amide bonds. The molecule has 2 atom stereocenters. The molecule has 0 fully saturated rings. The zero-order valence-electron chi connectivity index (χ0n) is 10.0. The summed E-state index contributed by atoms with van der Waals surface area (Å²) >= 11 is 3.20. The number of hydrogen-bond donors (Lipinski definition) is 2. The van der Waals surface area contributed by atoms with E-state index in [1.54, 1.807) is 13.0 Å². The topological polar surface area (TPSA) is 89.3 Å². The fraction of sp³-hybridized carbons (Fsp3) is 0.400. The molecule has 0 aliphatic rings. The third-order valence-corrected chi connectivity index (χ3v) is 5.40. The average Bonchev–Trinajstić information content (AvgIpc) is 2.19. The normalized spacial score (nSPS) is 15.3. The Morgan fingerprint density at radius 2 is 2.11 bits per heavy atom. The summed E-state index contributed by atoms with van der Waals surface area (Å²) in [5.74, 6) is 0.269. The first kappa shape index (κ1) is 15.6. The third kappa shape index (κ3) is 4.34. The van der Waals surface area contributed by atoms with Crippen LogP contribution in [0.5, 0.6) is 0 Å². The summed E-state index contributed by atoms with van der Waals surface area (Å²) in [5.41, 5.74) is 5.99. The van der Waals surface area contributed by atoms with Crippen molar-refractivity contribution in [3.8, 4) is 0 Å². The minimum Gasteiger partial charge on any atom is -0.398 e. The van der Waals surface area contributed by atoms with Crippen LogP contribution in [0, 0.1) is 0 Å². The van der Waals surface area contributed by atoms with E-state index in [0.29, 0.717) is 10.2 Å². The van der Waals surface area contributed by atoms with Crippen LogP contribution in [0.4, 0.5) is 5.69 Å². The first-order valence-electron chi connectivity index (χ1n) is 5.10. The van der Waals surface area contributed by atoms with E-state index in [0.717, 1.165) is 0 Å². The van der Waals surface area contributed by atoms with Crippen LogP contribution < -0.4 is 10.5 Å². The first-order chi connectivity index (χ1) is 8.22. The van der Waals surface area contributed by atoms with Crippen LogP contribution in [-0.2, 0) is 20.8 Å². The van der Waals surface area contributed by atoms with Gasteiger partial charge in [0.25, 0.3) is 0 Å². The summed E-state index contributed by atoms with van der Waals surface area (Å²) < 4.78 is 38.1. The average molecular weight is 355 g/mol. The highest BCUT2D eigenvalue weighted by Crippen LogP contribution is 2.22. The highest BCUT2D eigenvalue weighted by Gasteiger charge is 2.18. The van der Waals surface area contributed by atoms with Crippen LogP contribution in [0.1, 0.15) is 6.92 Å². The van der Waals surface area contributed by atoms with Gasteiger partial charge in [0, 0.05) is 39.0 Å². The van der Waals surface area contributed by atoms with Gasteiger partial charge in [-0.15, -0.1) is 0 Å². The minimum absolute atomic E-state index is 0.0944. The van der Waals surface area contributed by atoms with E-state index in [4.69, 9.17) is 5.73 Å². The second-order valence-electron chi connectivity index (χ2n) is 3.95. The Bertz CT molecular complexity index is 560. The monoisotopic (exact) mass is 354 g/mol. The van der Waals surface area contributed by atoms with Crippen LogP contribution in [0.25, 0.3) is 0 Å². The molecule has 0 aliphatic carbocycles. The Morgan fingerprint density at radius 3 is 2.61 bits per heavy atom. The summed E-state index contributed by atoms with van der Waals surface area (Å²) in [6.45, 7) is 1.67. The number of benzene rings is 1. The maximum atomic E-state index is 12.0. The summed E-state index contributed by atoms with van der Waals surface area (Å²) in [4.78, 5) is 0.0944. The molecule has 3 N–H and O–H groups in total. The van der Waals surface area contributed by atoms with Crippen molar-refractivity contribution in [2.45, 2.75) is 17.9 Å². The molecule has 0 aromatic heterocycles. The Hall–Kier alpha value is -0.440. The van der Waals surface area contributed by atoms with E-state index >= 15 is 0 Å². The summed E-state index contributed by atoms with van der Waals surface area (Å²) in [6, 6.07) is 4.01. The van der Waals surface area contributed by atoms with E-state index in [2.05, 4.69) is 20.7 Å². The van der Waals surface area contributed by atoms with Gasteiger partial charge in [-0.1, -0.05) is 0 Å². The van der Waals surface area contributed by atoms with Gasteiger partial charge in [-0.25, -0.2) is 13.1 Å². The van der Waals surface area contributed by atoms with Crippen molar-refractivity contribution in [3.63, 3.8) is 0 Å². The van der Waals surface area contributed by atoms with Crippen molar-refractivity contribution in [2.24, 2.45) is 0 Å². The van der Waals surface area contributed by atoms with E-state index in [9.17, 15) is 12.6 Å². The molecule has 5 nitrogen and oxygen atoms in total. The molecule has 18 heavy (non-hydrogen) atoms. The molecule has 0 heterocycles. The van der Waals surface area contributed by atoms with E-state index in [1.807, 2.05) is 0 Å². The molecular weight excluding hydrogens is 340 g/mol. The van der Waals surface area contributed by atoms with Gasteiger partial charge in [0.1, 0.15) is 0 Å². The maximum absolute atomic E-state index is 12.0. The number of nitrogen functional groups attached to an aromatic ring is 1. The maximum Gasteiger partial charge on any atom is 0.240 e. The number of anilines is 1. The standard InChI is InChI=1S/C10H15BrN2O3S2/c1-7(6-17(2)14)13-18(15,16)8-3-4-9(11)10(12)5-8/h3-5,7,13H,6,12H2,1-2H3. The zero-order valence-corrected chi connectivity index (χ0v) is 13.2. The number of sulfonamides is 1. The summed E-state index contributed by atoms with van der Waals surface area (Å²) in [7, 11) is -4.68. The van der Waals surface area contributed by atoms with Crippen LogP contribution in [-0.4, -0.2) is 30.7 Å². The van der Waals surface area contributed by atoms with Crippen LogP contribution in [0.15, 0.2) is 27.6 Å². The van der Waals surface area contributed by atoms with Crippen molar-refractivity contribution in [1.82, 2.24) is 4.72 Å². The SMILES string of the molecule is CC(CS(C)=O)NS(=O)(=O)c1ccc(Br)c(N)c1. The molecule has 8 heteroatoms. The van der Waals surface area contributed by atoms with Gasteiger partial charge in [-0.2, -0.15) is 0 Å². The lowest BCUT2D eigenvalue weighted by molar-refractivity contribution is 0.570. The molecule has 1 aromatic carbocycles. The molecule has 102 valence electrons. The molecule has 0 radical (unpaired) electrons. The predicted octanol–water partition coefficient (Wildman–Crippen LogP) is 1.08. The van der Waals surface area contributed by atoms with Gasteiger partial charge >= 0.3 is 0 Å². The molecule has 0 aliphatic heterocycles. The molecular formula is C10H15BrN2O3S2. The molecule has 0 spiro atoms.